The molecule has 3 heteroatoms. The van der Waals surface area contributed by atoms with E-state index in [2.05, 4.69) is 19.2 Å². The number of hydrogen-bond acceptors (Lipinski definition) is 3. The maximum atomic E-state index is 11.6. The highest BCUT2D eigenvalue weighted by atomic mass is 32.1. The molecule has 2 aromatic rings. The Hall–Kier alpha value is -1.74. The summed E-state index contributed by atoms with van der Waals surface area (Å²) in [5.74, 6) is 0.413. The minimum absolute atomic E-state index is 0.295. The van der Waals surface area contributed by atoms with Crippen molar-refractivity contribution < 1.29 is 9.53 Å². The number of carbonyl (C=O) groups excluding carboxylic acids is 1. The molecule has 2 rings (SSSR count). The highest BCUT2D eigenvalue weighted by Gasteiger charge is 2.10. The van der Waals surface area contributed by atoms with E-state index in [4.69, 9.17) is 4.74 Å². The Morgan fingerprint density at radius 2 is 1.88 bits per heavy atom. The smallest absolute Gasteiger partial charge is 0.339 e. The summed E-state index contributed by atoms with van der Waals surface area (Å²) in [5.41, 5.74) is 0.348. The number of benzene rings is 2. The Labute approximate surface area is 105 Å². The summed E-state index contributed by atoms with van der Waals surface area (Å²) >= 11 is 3.99. The molecule has 2 nitrogen and oxygen atoms in total. The molecule has 17 heavy (non-hydrogen) atoms. The van der Waals surface area contributed by atoms with E-state index in [1.807, 2.05) is 36.4 Å². The predicted molar refractivity (Wildman–Crippen MR) is 72.6 cm³/mol. The Morgan fingerprint density at radius 1 is 1.18 bits per heavy atom. The molecule has 0 fully saturated rings. The molecule has 0 aromatic heterocycles. The maximum Gasteiger partial charge on any atom is 0.339 e. The van der Waals surface area contributed by atoms with Gasteiger partial charge in [0.15, 0.2) is 0 Å². The molecular weight excluding hydrogens is 232 g/mol. The summed E-state index contributed by atoms with van der Waals surface area (Å²) in [6, 6.07) is 13.3. The van der Waals surface area contributed by atoms with Gasteiger partial charge < -0.3 is 4.74 Å². The first kappa shape index (κ1) is 11.7. The molecule has 0 saturated carbocycles. The molecule has 0 aliphatic carbocycles. The van der Waals surface area contributed by atoms with Gasteiger partial charge in [-0.1, -0.05) is 43.0 Å². The summed E-state index contributed by atoms with van der Waals surface area (Å²) in [6.07, 6.45) is 0. The summed E-state index contributed by atoms with van der Waals surface area (Å²) in [5, 5.41) is 1.95. The normalized spacial score (nSPS) is 10.2. The van der Waals surface area contributed by atoms with Gasteiger partial charge in [0.05, 0.1) is 0 Å². The second-order valence-electron chi connectivity index (χ2n) is 3.63. The van der Waals surface area contributed by atoms with Crippen LogP contribution in [0.2, 0.25) is 0 Å². The molecule has 86 valence electrons. The van der Waals surface area contributed by atoms with Crippen LogP contribution in [-0.4, -0.2) is 11.7 Å². The van der Waals surface area contributed by atoms with Crippen molar-refractivity contribution in [3.05, 3.63) is 54.6 Å². The molecule has 0 spiro atoms. The third-order valence-electron chi connectivity index (χ3n) is 2.43. The molecule has 0 radical (unpaired) electrons. The lowest BCUT2D eigenvalue weighted by Gasteiger charge is -2.07. The number of carbonyl (C=O) groups is 1. The van der Waals surface area contributed by atoms with Gasteiger partial charge >= 0.3 is 5.97 Å². The molecule has 0 atom stereocenters. The van der Waals surface area contributed by atoms with Gasteiger partial charge in [-0.3, -0.25) is 0 Å². The van der Waals surface area contributed by atoms with E-state index in [-0.39, 0.29) is 0 Å². The van der Waals surface area contributed by atoms with Gasteiger partial charge in [-0.2, -0.15) is 12.6 Å². The van der Waals surface area contributed by atoms with E-state index in [0.29, 0.717) is 17.1 Å². The summed E-state index contributed by atoms with van der Waals surface area (Å²) < 4.78 is 5.29. The van der Waals surface area contributed by atoms with E-state index in [0.717, 1.165) is 10.8 Å². The van der Waals surface area contributed by atoms with Crippen LogP contribution in [0.15, 0.2) is 54.6 Å². The van der Waals surface area contributed by atoms with Crippen molar-refractivity contribution in [2.24, 2.45) is 0 Å². The van der Waals surface area contributed by atoms with Crippen LogP contribution < -0.4 is 4.74 Å². The second-order valence-corrected chi connectivity index (χ2v) is 3.94. The van der Waals surface area contributed by atoms with Crippen molar-refractivity contribution in [2.45, 2.75) is 0 Å². The van der Waals surface area contributed by atoms with E-state index in [9.17, 15) is 4.79 Å². The SMILES string of the molecule is C=C(CS)C(=O)Oc1cccc2ccccc12. The van der Waals surface area contributed by atoms with E-state index >= 15 is 0 Å². The van der Waals surface area contributed by atoms with Gasteiger partial charge in [-0.15, -0.1) is 0 Å². The Bertz CT molecular complexity index is 570. The van der Waals surface area contributed by atoms with Gasteiger partial charge in [0.25, 0.3) is 0 Å². The van der Waals surface area contributed by atoms with Crippen LogP contribution in [0, 0.1) is 0 Å². The molecule has 0 aliphatic rings. The zero-order chi connectivity index (χ0) is 12.3. The number of rotatable bonds is 3. The average Bonchev–Trinajstić information content (AvgIpc) is 2.38. The third kappa shape index (κ3) is 2.50. The van der Waals surface area contributed by atoms with Gasteiger partial charge in [-0.05, 0) is 11.5 Å². The quantitative estimate of drug-likeness (QED) is 0.388. The molecule has 0 N–H and O–H groups in total. The van der Waals surface area contributed by atoms with Gasteiger partial charge in [0, 0.05) is 16.7 Å². The van der Waals surface area contributed by atoms with Crippen LogP contribution >= 0.6 is 12.6 Å². The predicted octanol–water partition coefficient (Wildman–Crippen LogP) is 3.23. The van der Waals surface area contributed by atoms with Crippen molar-refractivity contribution in [2.75, 3.05) is 5.75 Å². The highest BCUT2D eigenvalue weighted by Crippen LogP contribution is 2.25. The summed E-state index contributed by atoms with van der Waals surface area (Å²) in [6.45, 7) is 3.60. The van der Waals surface area contributed by atoms with Crippen LogP contribution in [0.25, 0.3) is 10.8 Å². The number of thiol groups is 1. The first-order valence-corrected chi connectivity index (χ1v) is 5.84. The highest BCUT2D eigenvalue weighted by molar-refractivity contribution is 7.80. The van der Waals surface area contributed by atoms with Crippen LogP contribution in [-0.2, 0) is 4.79 Å². The Kier molecular flexibility index (Phi) is 3.49. The monoisotopic (exact) mass is 244 g/mol. The Morgan fingerprint density at radius 3 is 2.65 bits per heavy atom. The van der Waals surface area contributed by atoms with Gasteiger partial charge in [0.1, 0.15) is 5.75 Å². The lowest BCUT2D eigenvalue weighted by atomic mass is 10.1. The van der Waals surface area contributed by atoms with Crippen LogP contribution in [0.1, 0.15) is 0 Å². The maximum absolute atomic E-state index is 11.6. The molecule has 0 heterocycles. The van der Waals surface area contributed by atoms with Gasteiger partial charge in [-0.25, -0.2) is 4.79 Å². The molecule has 0 bridgehead atoms. The summed E-state index contributed by atoms with van der Waals surface area (Å²) in [7, 11) is 0. The number of fused-ring (bicyclic) bond motifs is 1. The lowest BCUT2D eigenvalue weighted by Crippen LogP contribution is -2.11. The van der Waals surface area contributed by atoms with Crippen LogP contribution in [0.5, 0.6) is 5.75 Å². The fourth-order valence-electron chi connectivity index (χ4n) is 1.52. The molecule has 0 aliphatic heterocycles. The minimum atomic E-state index is -0.434. The van der Waals surface area contributed by atoms with Crippen molar-refractivity contribution >= 4 is 29.4 Å². The fraction of sp³-hybridized carbons (Fsp3) is 0.0714. The number of esters is 1. The van der Waals surface area contributed by atoms with E-state index < -0.39 is 5.97 Å². The lowest BCUT2D eigenvalue weighted by molar-refractivity contribution is -0.129. The largest absolute Gasteiger partial charge is 0.422 e. The van der Waals surface area contributed by atoms with Crippen molar-refractivity contribution in [3.63, 3.8) is 0 Å². The first-order chi connectivity index (χ1) is 8.22. The Balaban J connectivity index is 2.36. The average molecular weight is 244 g/mol. The zero-order valence-corrected chi connectivity index (χ0v) is 10.1. The van der Waals surface area contributed by atoms with Crippen LogP contribution in [0.3, 0.4) is 0 Å². The summed E-state index contributed by atoms with van der Waals surface area (Å²) in [4.78, 5) is 11.6. The van der Waals surface area contributed by atoms with Crippen molar-refractivity contribution in [1.29, 1.82) is 0 Å². The third-order valence-corrected chi connectivity index (χ3v) is 2.81. The number of ether oxygens (including phenoxy) is 1. The molecule has 0 amide bonds. The minimum Gasteiger partial charge on any atom is -0.422 e. The van der Waals surface area contributed by atoms with Crippen molar-refractivity contribution in [1.82, 2.24) is 0 Å². The van der Waals surface area contributed by atoms with Gasteiger partial charge in [0.2, 0.25) is 0 Å². The van der Waals surface area contributed by atoms with Crippen molar-refractivity contribution in [3.8, 4) is 5.75 Å². The second kappa shape index (κ2) is 5.06. The zero-order valence-electron chi connectivity index (χ0n) is 9.22. The molecule has 0 unspecified atom stereocenters. The first-order valence-electron chi connectivity index (χ1n) is 5.21. The molecular formula is C14H12O2S. The number of hydrogen-bond donors (Lipinski definition) is 1. The molecule has 2 aromatic carbocycles. The van der Waals surface area contributed by atoms with E-state index in [1.165, 1.54) is 0 Å². The fourth-order valence-corrected chi connectivity index (χ4v) is 1.65. The van der Waals surface area contributed by atoms with Crippen LogP contribution in [0.4, 0.5) is 0 Å². The standard InChI is InChI=1S/C14H12O2S/c1-10(9-17)14(15)16-13-8-4-6-11-5-2-3-7-12(11)13/h2-8,17H,1,9H2. The topological polar surface area (TPSA) is 26.3 Å². The molecule has 0 saturated heterocycles. The van der Waals surface area contributed by atoms with E-state index in [1.54, 1.807) is 6.07 Å².